The number of non-ortho nitro benzene ring substituents is 1. The van der Waals surface area contributed by atoms with Gasteiger partial charge in [0, 0.05) is 18.2 Å². The summed E-state index contributed by atoms with van der Waals surface area (Å²) >= 11 is 0. The standard InChI is InChI=1S/C17H18FN3O4/c1-11(12-3-5-13(18)6-4-12)19-10-17(22)20-15-9-14(21(23)24)7-8-16(15)25-2/h3-9,11,19H,10H2,1-2H3,(H,20,22)/t11-/m0/s1. The van der Waals surface area contributed by atoms with E-state index in [2.05, 4.69) is 10.6 Å². The Labute approximate surface area is 144 Å². The van der Waals surface area contributed by atoms with Gasteiger partial charge in [0.2, 0.25) is 5.91 Å². The number of hydrogen-bond donors (Lipinski definition) is 2. The number of nitro benzene ring substituents is 1. The van der Waals surface area contributed by atoms with E-state index in [0.717, 1.165) is 5.56 Å². The Bertz CT molecular complexity index is 765. The molecule has 2 aromatic carbocycles. The van der Waals surface area contributed by atoms with Gasteiger partial charge >= 0.3 is 0 Å². The molecule has 0 saturated carbocycles. The predicted octanol–water partition coefficient (Wildman–Crippen LogP) is 3.03. The van der Waals surface area contributed by atoms with Gasteiger partial charge in [0.15, 0.2) is 0 Å². The second kappa shape index (κ2) is 8.20. The molecule has 0 radical (unpaired) electrons. The molecule has 0 aliphatic carbocycles. The molecule has 0 unspecified atom stereocenters. The molecule has 7 nitrogen and oxygen atoms in total. The molecule has 0 bridgehead atoms. The minimum absolute atomic E-state index is 0.0234. The Hall–Kier alpha value is -3.00. The first-order chi connectivity index (χ1) is 11.9. The molecule has 25 heavy (non-hydrogen) atoms. The van der Waals surface area contributed by atoms with Crippen LogP contribution in [0.15, 0.2) is 42.5 Å². The fourth-order valence-electron chi connectivity index (χ4n) is 2.22. The molecule has 2 aromatic rings. The van der Waals surface area contributed by atoms with E-state index in [1.54, 1.807) is 12.1 Å². The van der Waals surface area contributed by atoms with Crippen molar-refractivity contribution in [2.75, 3.05) is 19.0 Å². The smallest absolute Gasteiger partial charge is 0.271 e. The van der Waals surface area contributed by atoms with Crippen molar-refractivity contribution in [3.05, 3.63) is 64.0 Å². The summed E-state index contributed by atoms with van der Waals surface area (Å²) in [6.07, 6.45) is 0. The third kappa shape index (κ3) is 4.98. The number of ether oxygens (including phenoxy) is 1. The molecule has 0 saturated heterocycles. The van der Waals surface area contributed by atoms with Crippen LogP contribution < -0.4 is 15.4 Å². The second-order valence-electron chi connectivity index (χ2n) is 5.34. The van der Waals surface area contributed by atoms with Crippen LogP contribution in [0.3, 0.4) is 0 Å². The molecule has 132 valence electrons. The number of hydrogen-bond acceptors (Lipinski definition) is 5. The number of rotatable bonds is 7. The van der Waals surface area contributed by atoms with Crippen molar-refractivity contribution in [1.29, 1.82) is 0 Å². The minimum Gasteiger partial charge on any atom is -0.495 e. The van der Waals surface area contributed by atoms with Crippen molar-refractivity contribution in [3.8, 4) is 5.75 Å². The third-order valence-corrected chi connectivity index (χ3v) is 3.61. The van der Waals surface area contributed by atoms with E-state index in [4.69, 9.17) is 4.74 Å². The molecule has 0 fully saturated rings. The summed E-state index contributed by atoms with van der Waals surface area (Å²) in [5, 5.41) is 16.4. The molecule has 8 heteroatoms. The first kappa shape index (κ1) is 18.3. The zero-order chi connectivity index (χ0) is 18.4. The van der Waals surface area contributed by atoms with Gasteiger partial charge in [0.05, 0.1) is 24.3 Å². The van der Waals surface area contributed by atoms with Crippen LogP contribution in [-0.4, -0.2) is 24.5 Å². The SMILES string of the molecule is COc1ccc([N+](=O)[O-])cc1NC(=O)CN[C@@H](C)c1ccc(F)cc1. The summed E-state index contributed by atoms with van der Waals surface area (Å²) in [6.45, 7) is 1.82. The number of benzene rings is 2. The lowest BCUT2D eigenvalue weighted by Gasteiger charge is -2.15. The lowest BCUT2D eigenvalue weighted by Crippen LogP contribution is -2.30. The van der Waals surface area contributed by atoms with Crippen LogP contribution in [0.5, 0.6) is 5.75 Å². The Morgan fingerprint density at radius 2 is 1.96 bits per heavy atom. The number of anilines is 1. The van der Waals surface area contributed by atoms with E-state index < -0.39 is 4.92 Å². The van der Waals surface area contributed by atoms with Crippen molar-refractivity contribution in [1.82, 2.24) is 5.32 Å². The van der Waals surface area contributed by atoms with Crippen LogP contribution in [0.2, 0.25) is 0 Å². The van der Waals surface area contributed by atoms with Crippen molar-refractivity contribution in [2.24, 2.45) is 0 Å². The molecule has 2 N–H and O–H groups in total. The zero-order valence-corrected chi connectivity index (χ0v) is 13.8. The van der Waals surface area contributed by atoms with Gasteiger partial charge in [0.25, 0.3) is 5.69 Å². The van der Waals surface area contributed by atoms with Crippen LogP contribution in [0.4, 0.5) is 15.8 Å². The summed E-state index contributed by atoms with van der Waals surface area (Å²) in [5.74, 6) is -0.384. The number of nitrogens with one attached hydrogen (secondary N) is 2. The minimum atomic E-state index is -0.552. The van der Waals surface area contributed by atoms with Gasteiger partial charge in [-0.15, -0.1) is 0 Å². The van der Waals surface area contributed by atoms with Crippen molar-refractivity contribution < 1.29 is 18.8 Å². The molecule has 0 aliphatic heterocycles. The van der Waals surface area contributed by atoms with E-state index in [1.165, 1.54) is 37.4 Å². The summed E-state index contributed by atoms with van der Waals surface area (Å²) < 4.78 is 18.0. The fourth-order valence-corrected chi connectivity index (χ4v) is 2.22. The average Bonchev–Trinajstić information content (AvgIpc) is 2.60. The molecular formula is C17H18FN3O4. The van der Waals surface area contributed by atoms with E-state index in [0.29, 0.717) is 5.75 Å². The van der Waals surface area contributed by atoms with Crippen molar-refractivity contribution in [2.45, 2.75) is 13.0 Å². The molecule has 2 rings (SSSR count). The number of halogens is 1. The van der Waals surface area contributed by atoms with Crippen molar-refractivity contribution in [3.63, 3.8) is 0 Å². The topological polar surface area (TPSA) is 93.5 Å². The third-order valence-electron chi connectivity index (χ3n) is 3.61. The number of nitrogens with zero attached hydrogens (tertiary/aromatic N) is 1. The van der Waals surface area contributed by atoms with Gasteiger partial charge in [-0.25, -0.2) is 4.39 Å². The van der Waals surface area contributed by atoms with Gasteiger partial charge < -0.3 is 15.4 Å². The fraction of sp³-hybridized carbons (Fsp3) is 0.235. The Morgan fingerprint density at radius 3 is 2.56 bits per heavy atom. The summed E-state index contributed by atoms with van der Waals surface area (Å²) in [4.78, 5) is 22.4. The van der Waals surface area contributed by atoms with E-state index in [1.807, 2.05) is 6.92 Å². The zero-order valence-electron chi connectivity index (χ0n) is 13.8. The van der Waals surface area contributed by atoms with Crippen LogP contribution in [0.1, 0.15) is 18.5 Å². The summed E-state index contributed by atoms with van der Waals surface area (Å²) in [6, 6.07) is 9.75. The molecular weight excluding hydrogens is 329 g/mol. The highest BCUT2D eigenvalue weighted by atomic mass is 19.1. The van der Waals surface area contributed by atoms with E-state index >= 15 is 0 Å². The van der Waals surface area contributed by atoms with Crippen LogP contribution in [0.25, 0.3) is 0 Å². The number of amides is 1. The number of carbonyl (C=O) groups excluding carboxylic acids is 1. The lowest BCUT2D eigenvalue weighted by atomic mass is 10.1. The maximum Gasteiger partial charge on any atom is 0.271 e. The Balaban J connectivity index is 1.99. The van der Waals surface area contributed by atoms with Gasteiger partial charge in [-0.2, -0.15) is 0 Å². The van der Waals surface area contributed by atoms with E-state index in [9.17, 15) is 19.3 Å². The first-order valence-electron chi connectivity index (χ1n) is 7.52. The number of carbonyl (C=O) groups is 1. The molecule has 0 aliphatic rings. The lowest BCUT2D eigenvalue weighted by molar-refractivity contribution is -0.384. The largest absolute Gasteiger partial charge is 0.495 e. The highest BCUT2D eigenvalue weighted by Gasteiger charge is 2.14. The van der Waals surface area contributed by atoms with Crippen molar-refractivity contribution >= 4 is 17.3 Å². The van der Waals surface area contributed by atoms with E-state index in [-0.39, 0.29) is 35.7 Å². The van der Waals surface area contributed by atoms with Crippen LogP contribution in [-0.2, 0) is 4.79 Å². The number of methoxy groups -OCH3 is 1. The summed E-state index contributed by atoms with van der Waals surface area (Å²) in [7, 11) is 1.41. The highest BCUT2D eigenvalue weighted by molar-refractivity contribution is 5.94. The quantitative estimate of drug-likeness (QED) is 0.593. The maximum absolute atomic E-state index is 12.9. The van der Waals surface area contributed by atoms with Crippen LogP contribution >= 0.6 is 0 Å². The Kier molecular flexibility index (Phi) is 6.02. The predicted molar refractivity (Wildman–Crippen MR) is 91.1 cm³/mol. The monoisotopic (exact) mass is 347 g/mol. The summed E-state index contributed by atoms with van der Waals surface area (Å²) in [5.41, 5.74) is 0.906. The molecule has 0 spiro atoms. The average molecular weight is 347 g/mol. The van der Waals surface area contributed by atoms with Gasteiger partial charge in [-0.05, 0) is 30.7 Å². The molecule has 0 heterocycles. The van der Waals surface area contributed by atoms with Gasteiger partial charge in [-0.3, -0.25) is 14.9 Å². The molecule has 1 amide bonds. The Morgan fingerprint density at radius 1 is 1.28 bits per heavy atom. The molecule has 0 aromatic heterocycles. The first-order valence-corrected chi connectivity index (χ1v) is 7.52. The maximum atomic E-state index is 12.9. The van der Waals surface area contributed by atoms with Crippen LogP contribution in [0, 0.1) is 15.9 Å². The normalized spacial score (nSPS) is 11.6. The highest BCUT2D eigenvalue weighted by Crippen LogP contribution is 2.28. The van der Waals surface area contributed by atoms with Gasteiger partial charge in [-0.1, -0.05) is 12.1 Å². The van der Waals surface area contributed by atoms with Gasteiger partial charge in [0.1, 0.15) is 11.6 Å². The second-order valence-corrected chi connectivity index (χ2v) is 5.34. The molecule has 1 atom stereocenters. The number of nitro groups is 1.